The highest BCUT2D eigenvalue weighted by atomic mass is 16.5. The van der Waals surface area contributed by atoms with Gasteiger partial charge >= 0.3 is 5.97 Å². The normalized spacial score (nSPS) is 11.3. The number of esters is 1. The van der Waals surface area contributed by atoms with Crippen LogP contribution in [-0.4, -0.2) is 12.6 Å². The molecule has 260 valence electrons. The Morgan fingerprint density at radius 1 is 0.395 bits per heavy atom. The second-order valence-electron chi connectivity index (χ2n) is 13.9. The summed E-state index contributed by atoms with van der Waals surface area (Å²) in [6, 6.07) is 0. The number of ether oxygens (including phenoxy) is 1. The quantitative estimate of drug-likeness (QED) is 0.0567. The fraction of sp³-hybridized carbons (Fsp3) is 0.975. The third kappa shape index (κ3) is 39.4. The molecule has 0 rings (SSSR count). The molecule has 0 unspecified atom stereocenters. The van der Waals surface area contributed by atoms with Gasteiger partial charge in [0.05, 0.1) is 6.61 Å². The van der Waals surface area contributed by atoms with E-state index in [1.165, 1.54) is 218 Å². The largest absolute Gasteiger partial charge is 0.466 e. The van der Waals surface area contributed by atoms with E-state index in [-0.39, 0.29) is 12.1 Å². The number of carbonyl (C=O) groups excluding carboxylic acids is 1. The molecule has 0 bridgehead atoms. The fourth-order valence-corrected chi connectivity index (χ4v) is 6.51. The molecule has 0 aromatic heterocycles. The summed E-state index contributed by atoms with van der Waals surface area (Å²) in [5.41, 5.74) is 0. The standard InChI is InChI=1S/C40H80O2.H3N/c1-4-6-8-10-12-14-16-18-20-22-24-26-28-30-32-34-36-40(38-42-39(3)41)37-35-33-31-29-27-25-23-21-19-17-15-13-11-9-7-5-2;/h40H,4-38H2,1-3H3;1H3. The number of unbranched alkanes of at least 4 members (excludes halogenated alkanes) is 30. The van der Waals surface area contributed by atoms with Gasteiger partial charge in [-0.25, -0.2) is 0 Å². The molecular weight excluding hydrogens is 526 g/mol. The number of carbonyl (C=O) groups is 1. The molecule has 43 heavy (non-hydrogen) atoms. The topological polar surface area (TPSA) is 61.3 Å². The van der Waals surface area contributed by atoms with E-state index < -0.39 is 0 Å². The molecule has 0 saturated heterocycles. The Morgan fingerprint density at radius 3 is 0.814 bits per heavy atom. The van der Waals surface area contributed by atoms with Crippen molar-refractivity contribution in [1.82, 2.24) is 6.15 Å². The van der Waals surface area contributed by atoms with Gasteiger partial charge in [-0.15, -0.1) is 0 Å². The maximum Gasteiger partial charge on any atom is 0.302 e. The van der Waals surface area contributed by atoms with Gasteiger partial charge < -0.3 is 10.9 Å². The molecule has 0 fully saturated rings. The van der Waals surface area contributed by atoms with Crippen molar-refractivity contribution < 1.29 is 9.53 Å². The molecule has 3 nitrogen and oxygen atoms in total. The Kier molecular flexibility index (Phi) is 40.9. The van der Waals surface area contributed by atoms with Gasteiger partial charge in [0.1, 0.15) is 0 Å². The van der Waals surface area contributed by atoms with Crippen LogP contribution < -0.4 is 6.15 Å². The van der Waals surface area contributed by atoms with E-state index >= 15 is 0 Å². The van der Waals surface area contributed by atoms with Crippen LogP contribution in [0.2, 0.25) is 0 Å². The van der Waals surface area contributed by atoms with Crippen LogP contribution in [0, 0.1) is 5.92 Å². The average molecular weight is 610 g/mol. The molecule has 3 heteroatoms. The second kappa shape index (κ2) is 39.5. The zero-order valence-corrected chi connectivity index (χ0v) is 30.3. The van der Waals surface area contributed by atoms with Gasteiger partial charge in [-0.2, -0.15) is 0 Å². The van der Waals surface area contributed by atoms with E-state index in [0.29, 0.717) is 12.5 Å². The molecule has 0 aromatic rings. The summed E-state index contributed by atoms with van der Waals surface area (Å²) in [7, 11) is 0. The minimum atomic E-state index is -0.112. The summed E-state index contributed by atoms with van der Waals surface area (Å²) >= 11 is 0. The lowest BCUT2D eigenvalue weighted by atomic mass is 9.94. The molecular formula is C40H83NO2. The van der Waals surface area contributed by atoms with Crippen LogP contribution in [0.5, 0.6) is 0 Å². The van der Waals surface area contributed by atoms with Crippen molar-refractivity contribution in [3.8, 4) is 0 Å². The number of rotatable bonds is 36. The first-order valence-electron chi connectivity index (χ1n) is 19.8. The van der Waals surface area contributed by atoms with Crippen molar-refractivity contribution in [3.63, 3.8) is 0 Å². The first-order chi connectivity index (χ1) is 20.7. The zero-order chi connectivity index (χ0) is 30.6. The van der Waals surface area contributed by atoms with Crippen LogP contribution in [0.15, 0.2) is 0 Å². The Bertz CT molecular complexity index is 473. The van der Waals surface area contributed by atoms with E-state index in [0.717, 1.165) is 0 Å². The van der Waals surface area contributed by atoms with Crippen LogP contribution in [0.25, 0.3) is 0 Å². The van der Waals surface area contributed by atoms with Gasteiger partial charge in [-0.3, -0.25) is 4.79 Å². The molecule has 0 aliphatic heterocycles. The summed E-state index contributed by atoms with van der Waals surface area (Å²) in [5, 5.41) is 0. The van der Waals surface area contributed by atoms with Crippen molar-refractivity contribution in [1.29, 1.82) is 0 Å². The van der Waals surface area contributed by atoms with Crippen molar-refractivity contribution >= 4 is 5.97 Å². The lowest BCUT2D eigenvalue weighted by Crippen LogP contribution is -2.12. The van der Waals surface area contributed by atoms with E-state index in [4.69, 9.17) is 4.74 Å². The van der Waals surface area contributed by atoms with Crippen molar-refractivity contribution in [2.45, 2.75) is 239 Å². The van der Waals surface area contributed by atoms with Gasteiger partial charge in [-0.1, -0.05) is 219 Å². The highest BCUT2D eigenvalue weighted by Gasteiger charge is 2.10. The first kappa shape index (κ1) is 44.6. The van der Waals surface area contributed by atoms with E-state index in [2.05, 4.69) is 13.8 Å². The lowest BCUT2D eigenvalue weighted by molar-refractivity contribution is -0.142. The maximum atomic E-state index is 11.4. The number of hydrogen-bond acceptors (Lipinski definition) is 3. The van der Waals surface area contributed by atoms with E-state index in [1.54, 1.807) is 6.92 Å². The first-order valence-corrected chi connectivity index (χ1v) is 19.8. The molecule has 0 saturated carbocycles. The SMILES string of the molecule is CCCCCCCCCCCCCCCCCCC(CCCCCCCCCCCCCCCCCC)COC(C)=O.N. The molecule has 0 atom stereocenters. The van der Waals surface area contributed by atoms with Gasteiger partial charge in [0.2, 0.25) is 0 Å². The minimum absolute atomic E-state index is 0. The summed E-state index contributed by atoms with van der Waals surface area (Å²) in [6.45, 7) is 6.80. The molecule has 3 N–H and O–H groups in total. The Labute approximate surface area is 272 Å². The van der Waals surface area contributed by atoms with Gasteiger partial charge in [0.25, 0.3) is 0 Å². The van der Waals surface area contributed by atoms with Gasteiger partial charge in [0.15, 0.2) is 0 Å². The Balaban J connectivity index is 0. The Morgan fingerprint density at radius 2 is 0.605 bits per heavy atom. The molecule has 0 aliphatic carbocycles. The smallest absolute Gasteiger partial charge is 0.302 e. The van der Waals surface area contributed by atoms with Crippen molar-refractivity contribution in [3.05, 3.63) is 0 Å². The number of hydrogen-bond donors (Lipinski definition) is 1. The van der Waals surface area contributed by atoms with E-state index in [9.17, 15) is 4.79 Å². The molecule has 0 amide bonds. The van der Waals surface area contributed by atoms with Crippen molar-refractivity contribution in [2.24, 2.45) is 5.92 Å². The van der Waals surface area contributed by atoms with Gasteiger partial charge in [0, 0.05) is 6.92 Å². The molecule has 0 aliphatic rings. The summed E-state index contributed by atoms with van der Waals surface area (Å²) in [5.74, 6) is 0.464. The average Bonchev–Trinajstić information content (AvgIpc) is 2.98. The molecule has 0 aromatic carbocycles. The molecule has 0 heterocycles. The molecule has 0 spiro atoms. The summed E-state index contributed by atoms with van der Waals surface area (Å²) in [6.07, 6.45) is 47.9. The van der Waals surface area contributed by atoms with Crippen molar-refractivity contribution in [2.75, 3.05) is 6.61 Å². The van der Waals surface area contributed by atoms with Crippen LogP contribution in [0.4, 0.5) is 0 Å². The van der Waals surface area contributed by atoms with Crippen LogP contribution >= 0.6 is 0 Å². The lowest BCUT2D eigenvalue weighted by Gasteiger charge is -2.16. The van der Waals surface area contributed by atoms with Gasteiger partial charge in [-0.05, 0) is 18.8 Å². The highest BCUT2D eigenvalue weighted by Crippen LogP contribution is 2.21. The minimum Gasteiger partial charge on any atom is -0.466 e. The zero-order valence-electron chi connectivity index (χ0n) is 30.3. The fourth-order valence-electron chi connectivity index (χ4n) is 6.51. The highest BCUT2D eigenvalue weighted by molar-refractivity contribution is 5.65. The summed E-state index contributed by atoms with van der Waals surface area (Å²) < 4.78 is 5.42. The van der Waals surface area contributed by atoms with E-state index in [1.807, 2.05) is 0 Å². The third-order valence-electron chi connectivity index (χ3n) is 9.45. The van der Waals surface area contributed by atoms with Crippen LogP contribution in [0.3, 0.4) is 0 Å². The monoisotopic (exact) mass is 610 g/mol. The van der Waals surface area contributed by atoms with Crippen LogP contribution in [-0.2, 0) is 9.53 Å². The third-order valence-corrected chi connectivity index (χ3v) is 9.45. The predicted molar refractivity (Wildman–Crippen MR) is 193 cm³/mol. The maximum absolute atomic E-state index is 11.4. The molecule has 0 radical (unpaired) electrons. The second-order valence-corrected chi connectivity index (χ2v) is 13.9. The summed E-state index contributed by atoms with van der Waals surface area (Å²) in [4.78, 5) is 11.4. The Hall–Kier alpha value is -0.570. The van der Waals surface area contributed by atoms with Crippen LogP contribution in [0.1, 0.15) is 239 Å². The predicted octanol–water partition coefficient (Wildman–Crippen LogP) is 14.6.